The molecule has 198 valence electrons. The van der Waals surface area contributed by atoms with Gasteiger partial charge in [-0.25, -0.2) is 4.52 Å². The molecule has 0 aliphatic carbocycles. The number of fused-ring (bicyclic) bond motifs is 1. The van der Waals surface area contributed by atoms with Gasteiger partial charge in [-0.3, -0.25) is 14.3 Å². The molecule has 0 amide bonds. The highest BCUT2D eigenvalue weighted by atomic mass is 19.4. The fourth-order valence-corrected chi connectivity index (χ4v) is 4.15. The monoisotopic (exact) mass is 535 g/mol. The van der Waals surface area contributed by atoms with Crippen LogP contribution in [0.25, 0.3) is 27.9 Å². The van der Waals surface area contributed by atoms with Crippen LogP contribution in [0.2, 0.25) is 0 Å². The Kier molecular flexibility index (Phi) is 6.07. The first-order chi connectivity index (χ1) is 17.9. The molecule has 0 bridgehead atoms. The van der Waals surface area contributed by atoms with Crippen molar-refractivity contribution in [2.24, 2.45) is 0 Å². The fraction of sp³-hybridized carbons (Fsp3) is 0.261. The van der Waals surface area contributed by atoms with Gasteiger partial charge in [-0.05, 0) is 24.1 Å². The Bertz CT molecular complexity index is 1580. The molecule has 2 N–H and O–H groups in total. The van der Waals surface area contributed by atoms with Crippen LogP contribution in [0.3, 0.4) is 0 Å². The van der Waals surface area contributed by atoms with E-state index in [4.69, 9.17) is 5.73 Å². The first kappa shape index (κ1) is 25.2. The van der Waals surface area contributed by atoms with E-state index in [1.165, 1.54) is 29.2 Å². The standard InChI is InChI=1S/C23H19F6N9/c1-2-18(13-3-4-19(31-6-13)23(27,28)29)37-11-15(7-33-37)14-5-17(20-34-21(30)35-38(20)10-14)16-8-32-36(9-16)12-22(24,25)26/h3-11,18H,2,12H2,1H3,(H2,30,35). The van der Waals surface area contributed by atoms with Crippen molar-refractivity contribution < 1.29 is 26.3 Å². The van der Waals surface area contributed by atoms with Gasteiger partial charge in [0.25, 0.3) is 0 Å². The Morgan fingerprint density at radius 2 is 1.68 bits per heavy atom. The molecule has 0 aromatic carbocycles. The van der Waals surface area contributed by atoms with Gasteiger partial charge in [0, 0.05) is 47.0 Å². The number of nitrogens with two attached hydrogens (primary N) is 1. The molecule has 9 nitrogen and oxygen atoms in total. The summed E-state index contributed by atoms with van der Waals surface area (Å²) in [5.41, 5.74) is 7.73. The van der Waals surface area contributed by atoms with Crippen LogP contribution in [-0.4, -0.2) is 45.3 Å². The zero-order valence-corrected chi connectivity index (χ0v) is 19.6. The molecule has 0 spiro atoms. The predicted octanol–water partition coefficient (Wildman–Crippen LogP) is 5.01. The number of pyridine rings is 2. The maximum atomic E-state index is 12.9. The molecule has 1 unspecified atom stereocenters. The van der Waals surface area contributed by atoms with E-state index in [0.29, 0.717) is 39.9 Å². The number of rotatable bonds is 6. The van der Waals surface area contributed by atoms with E-state index in [2.05, 4.69) is 25.3 Å². The normalized spacial score (nSPS) is 13.3. The molecular weight excluding hydrogens is 516 g/mol. The Hall–Kier alpha value is -4.43. The number of anilines is 1. The number of aromatic nitrogens is 8. The van der Waals surface area contributed by atoms with Crippen LogP contribution < -0.4 is 5.73 Å². The minimum absolute atomic E-state index is 0.0253. The summed E-state index contributed by atoms with van der Waals surface area (Å²) in [4.78, 5) is 7.72. The number of alkyl halides is 6. The Labute approximate surface area is 210 Å². The Morgan fingerprint density at radius 3 is 2.34 bits per heavy atom. The largest absolute Gasteiger partial charge is 0.433 e. The van der Waals surface area contributed by atoms with Crippen molar-refractivity contribution in [3.63, 3.8) is 0 Å². The predicted molar refractivity (Wildman–Crippen MR) is 124 cm³/mol. The molecule has 0 fully saturated rings. The number of hydrogen-bond acceptors (Lipinski definition) is 6. The van der Waals surface area contributed by atoms with Crippen molar-refractivity contribution in [1.82, 2.24) is 39.1 Å². The van der Waals surface area contributed by atoms with Gasteiger partial charge < -0.3 is 5.73 Å². The van der Waals surface area contributed by atoms with Gasteiger partial charge in [0.2, 0.25) is 5.95 Å². The third kappa shape index (κ3) is 5.03. The molecule has 0 radical (unpaired) electrons. The van der Waals surface area contributed by atoms with E-state index < -0.39 is 24.6 Å². The molecular formula is C23H19F6N9. The summed E-state index contributed by atoms with van der Waals surface area (Å²) < 4.78 is 81.0. The van der Waals surface area contributed by atoms with Gasteiger partial charge in [-0.1, -0.05) is 13.0 Å². The van der Waals surface area contributed by atoms with Crippen LogP contribution in [0, 0.1) is 0 Å². The smallest absolute Gasteiger partial charge is 0.366 e. The van der Waals surface area contributed by atoms with E-state index >= 15 is 0 Å². The van der Waals surface area contributed by atoms with Gasteiger partial charge in [-0.15, -0.1) is 5.10 Å². The molecule has 0 aliphatic rings. The Morgan fingerprint density at radius 1 is 0.921 bits per heavy atom. The lowest BCUT2D eigenvalue weighted by Gasteiger charge is -2.16. The average Bonchev–Trinajstić information content (AvgIpc) is 3.57. The molecule has 15 heteroatoms. The summed E-state index contributed by atoms with van der Waals surface area (Å²) >= 11 is 0. The first-order valence-electron chi connectivity index (χ1n) is 11.2. The van der Waals surface area contributed by atoms with Crippen LogP contribution in [-0.2, 0) is 12.7 Å². The van der Waals surface area contributed by atoms with E-state index in [1.54, 1.807) is 29.3 Å². The molecule has 0 saturated carbocycles. The molecule has 5 heterocycles. The zero-order valence-electron chi connectivity index (χ0n) is 19.6. The van der Waals surface area contributed by atoms with Crippen molar-refractivity contribution in [2.45, 2.75) is 38.3 Å². The molecule has 1 atom stereocenters. The minimum atomic E-state index is -4.54. The summed E-state index contributed by atoms with van der Waals surface area (Å²) in [6, 6.07) is 3.62. The molecule has 38 heavy (non-hydrogen) atoms. The van der Waals surface area contributed by atoms with Crippen molar-refractivity contribution in [3.8, 4) is 22.3 Å². The lowest BCUT2D eigenvalue weighted by atomic mass is 10.1. The molecule has 0 aliphatic heterocycles. The Balaban J connectivity index is 1.51. The maximum absolute atomic E-state index is 12.9. The van der Waals surface area contributed by atoms with Crippen molar-refractivity contribution in [1.29, 1.82) is 0 Å². The average molecular weight is 535 g/mol. The summed E-state index contributed by atoms with van der Waals surface area (Å²) in [5, 5.41) is 12.3. The minimum Gasteiger partial charge on any atom is -0.366 e. The summed E-state index contributed by atoms with van der Waals surface area (Å²) in [5.74, 6) is -0.0253. The van der Waals surface area contributed by atoms with E-state index in [-0.39, 0.29) is 12.0 Å². The van der Waals surface area contributed by atoms with Crippen LogP contribution in [0.1, 0.15) is 30.6 Å². The lowest BCUT2D eigenvalue weighted by Crippen LogP contribution is -2.17. The summed E-state index contributed by atoms with van der Waals surface area (Å²) in [7, 11) is 0. The van der Waals surface area contributed by atoms with Gasteiger partial charge in [0.15, 0.2) is 5.65 Å². The molecule has 5 rings (SSSR count). The maximum Gasteiger partial charge on any atom is 0.433 e. The van der Waals surface area contributed by atoms with Crippen LogP contribution in [0.5, 0.6) is 0 Å². The summed E-state index contributed by atoms with van der Waals surface area (Å²) in [6.07, 6.45) is 0.203. The van der Waals surface area contributed by atoms with Crippen LogP contribution in [0.15, 0.2) is 55.4 Å². The highest BCUT2D eigenvalue weighted by Crippen LogP contribution is 2.32. The number of halogens is 6. The van der Waals surface area contributed by atoms with Crippen LogP contribution >= 0.6 is 0 Å². The second-order valence-electron chi connectivity index (χ2n) is 8.53. The number of nitrogens with zero attached hydrogens (tertiary/aromatic N) is 8. The summed E-state index contributed by atoms with van der Waals surface area (Å²) in [6.45, 7) is 0.617. The highest BCUT2D eigenvalue weighted by Gasteiger charge is 2.32. The topological polar surface area (TPSA) is 105 Å². The third-order valence-corrected chi connectivity index (χ3v) is 5.84. The third-order valence-electron chi connectivity index (χ3n) is 5.84. The number of nitrogen functional groups attached to an aromatic ring is 1. The SMILES string of the molecule is CCC(c1ccc(C(F)(F)F)nc1)n1cc(-c2cc(-c3cnn(CC(F)(F)F)c3)c3nc(N)nn3c2)cn1. The molecule has 5 aromatic rings. The zero-order chi connectivity index (χ0) is 27.2. The quantitative estimate of drug-likeness (QED) is 0.307. The van der Waals surface area contributed by atoms with Gasteiger partial charge in [0.1, 0.15) is 12.2 Å². The van der Waals surface area contributed by atoms with Crippen LogP contribution in [0.4, 0.5) is 32.3 Å². The van der Waals surface area contributed by atoms with Crippen molar-refractivity contribution in [3.05, 3.63) is 66.6 Å². The van der Waals surface area contributed by atoms with E-state index in [9.17, 15) is 26.3 Å². The van der Waals surface area contributed by atoms with Gasteiger partial charge >= 0.3 is 12.4 Å². The van der Waals surface area contributed by atoms with Crippen molar-refractivity contribution >= 4 is 11.6 Å². The molecule has 0 saturated heterocycles. The van der Waals surface area contributed by atoms with Crippen molar-refractivity contribution in [2.75, 3.05) is 5.73 Å². The second-order valence-corrected chi connectivity index (χ2v) is 8.53. The fourth-order valence-electron chi connectivity index (χ4n) is 4.15. The lowest BCUT2D eigenvalue weighted by molar-refractivity contribution is -0.143. The second kappa shape index (κ2) is 9.15. The van der Waals surface area contributed by atoms with E-state index in [1.807, 2.05) is 6.92 Å². The van der Waals surface area contributed by atoms with Gasteiger partial charge in [0.05, 0.1) is 18.4 Å². The number of hydrogen-bond donors (Lipinski definition) is 1. The van der Waals surface area contributed by atoms with E-state index in [0.717, 1.165) is 10.7 Å². The van der Waals surface area contributed by atoms with Gasteiger partial charge in [-0.2, -0.15) is 41.5 Å². The highest BCUT2D eigenvalue weighted by molar-refractivity contribution is 5.81. The molecule has 5 aromatic heterocycles. The first-order valence-corrected chi connectivity index (χ1v) is 11.2.